The van der Waals surface area contributed by atoms with Crippen LogP contribution in [0.4, 0.5) is 10.1 Å². The highest BCUT2D eigenvalue weighted by Gasteiger charge is 2.26. The Labute approximate surface area is 87.1 Å². The summed E-state index contributed by atoms with van der Waals surface area (Å²) >= 11 is 0. The molecule has 0 amide bonds. The molecule has 1 aliphatic heterocycles. The second-order valence-corrected chi connectivity index (χ2v) is 3.80. The first kappa shape index (κ1) is 9.96. The summed E-state index contributed by atoms with van der Waals surface area (Å²) in [5.41, 5.74) is 0.489. The lowest BCUT2D eigenvalue weighted by atomic mass is 10.0. The zero-order valence-electron chi connectivity index (χ0n) is 8.40. The third-order valence-corrected chi connectivity index (χ3v) is 2.82. The molecule has 0 radical (unpaired) electrons. The fourth-order valence-electron chi connectivity index (χ4n) is 1.75. The highest BCUT2D eigenvalue weighted by Crippen LogP contribution is 2.29. The highest BCUT2D eigenvalue weighted by molar-refractivity contribution is 5.88. The summed E-state index contributed by atoms with van der Waals surface area (Å²) in [5.74, 6) is -1.56. The van der Waals surface area contributed by atoms with Gasteiger partial charge in [0.25, 0.3) is 0 Å². The molecule has 1 atom stereocenters. The van der Waals surface area contributed by atoms with Crippen molar-refractivity contribution in [1.82, 2.24) is 0 Å². The van der Waals surface area contributed by atoms with E-state index in [1.54, 1.807) is 0 Å². The zero-order chi connectivity index (χ0) is 11.0. The van der Waals surface area contributed by atoms with E-state index in [-0.39, 0.29) is 5.56 Å². The Morgan fingerprint density at radius 1 is 1.60 bits per heavy atom. The molecule has 2 rings (SSSR count). The molecule has 1 aromatic carbocycles. The number of hydrogen-bond acceptors (Lipinski definition) is 2. The maximum atomic E-state index is 13.6. The van der Waals surface area contributed by atoms with Gasteiger partial charge in [-0.25, -0.2) is 9.18 Å². The molecule has 4 heteroatoms. The minimum atomic E-state index is -1.10. The summed E-state index contributed by atoms with van der Waals surface area (Å²) in [4.78, 5) is 12.5. The van der Waals surface area contributed by atoms with Gasteiger partial charge in [0, 0.05) is 12.6 Å². The van der Waals surface area contributed by atoms with Gasteiger partial charge in [-0.2, -0.15) is 0 Å². The van der Waals surface area contributed by atoms with Gasteiger partial charge in [0.15, 0.2) is 0 Å². The molecule has 1 fully saturated rings. The van der Waals surface area contributed by atoms with Gasteiger partial charge in [-0.1, -0.05) is 0 Å². The van der Waals surface area contributed by atoms with Crippen LogP contribution in [0.25, 0.3) is 0 Å². The quantitative estimate of drug-likeness (QED) is 0.811. The lowest BCUT2D eigenvalue weighted by molar-refractivity contribution is 0.0696. The zero-order valence-corrected chi connectivity index (χ0v) is 8.40. The molecular formula is C11H12FNO2. The molecule has 1 aromatic rings. The number of aromatic carboxylic acids is 1. The number of hydrogen-bond donors (Lipinski definition) is 1. The molecule has 1 unspecified atom stereocenters. The van der Waals surface area contributed by atoms with Gasteiger partial charge in [-0.15, -0.1) is 0 Å². The van der Waals surface area contributed by atoms with Gasteiger partial charge in [0.1, 0.15) is 5.82 Å². The van der Waals surface area contributed by atoms with Crippen molar-refractivity contribution in [2.24, 2.45) is 0 Å². The van der Waals surface area contributed by atoms with Crippen molar-refractivity contribution in [2.45, 2.75) is 19.4 Å². The Kier molecular flexibility index (Phi) is 2.34. The van der Waals surface area contributed by atoms with Gasteiger partial charge < -0.3 is 10.0 Å². The number of carboxylic acid groups (broad SMARTS) is 1. The SMILES string of the molecule is CC1CCN1c1ccc(C(=O)O)cc1F. The van der Waals surface area contributed by atoms with Crippen LogP contribution in [-0.2, 0) is 0 Å². The Hall–Kier alpha value is -1.58. The highest BCUT2D eigenvalue weighted by atomic mass is 19.1. The van der Waals surface area contributed by atoms with Crippen LogP contribution < -0.4 is 4.90 Å². The normalized spacial score (nSPS) is 19.9. The molecule has 1 N–H and O–H groups in total. The summed E-state index contributed by atoms with van der Waals surface area (Å²) in [6.07, 6.45) is 1.06. The van der Waals surface area contributed by atoms with E-state index >= 15 is 0 Å². The largest absolute Gasteiger partial charge is 0.478 e. The van der Waals surface area contributed by atoms with E-state index in [0.717, 1.165) is 19.0 Å². The van der Waals surface area contributed by atoms with Crippen LogP contribution in [0.2, 0.25) is 0 Å². The fraction of sp³-hybridized carbons (Fsp3) is 0.364. The Morgan fingerprint density at radius 3 is 2.73 bits per heavy atom. The van der Waals surface area contributed by atoms with Crippen LogP contribution in [0.3, 0.4) is 0 Å². The van der Waals surface area contributed by atoms with E-state index in [0.29, 0.717) is 11.7 Å². The number of halogens is 1. The number of nitrogens with zero attached hydrogens (tertiary/aromatic N) is 1. The Morgan fingerprint density at radius 2 is 2.33 bits per heavy atom. The van der Waals surface area contributed by atoms with E-state index < -0.39 is 11.8 Å². The fourth-order valence-corrected chi connectivity index (χ4v) is 1.75. The van der Waals surface area contributed by atoms with Gasteiger partial charge >= 0.3 is 5.97 Å². The molecule has 80 valence electrons. The van der Waals surface area contributed by atoms with E-state index in [1.807, 2.05) is 11.8 Å². The first-order valence-corrected chi connectivity index (χ1v) is 4.89. The Bertz CT molecular complexity index is 406. The van der Waals surface area contributed by atoms with Crippen molar-refractivity contribution in [2.75, 3.05) is 11.4 Å². The number of carbonyl (C=O) groups is 1. The standard InChI is InChI=1S/C11H12FNO2/c1-7-4-5-13(7)10-3-2-8(11(14)15)6-9(10)12/h2-3,6-7H,4-5H2,1H3,(H,14,15). The Balaban J connectivity index is 2.30. The van der Waals surface area contributed by atoms with Crippen molar-refractivity contribution >= 4 is 11.7 Å². The second kappa shape index (κ2) is 3.53. The van der Waals surface area contributed by atoms with Crippen LogP contribution in [-0.4, -0.2) is 23.7 Å². The maximum absolute atomic E-state index is 13.6. The molecule has 1 aliphatic rings. The van der Waals surface area contributed by atoms with Crippen LogP contribution in [0.1, 0.15) is 23.7 Å². The minimum absolute atomic E-state index is 0.00979. The summed E-state index contributed by atoms with van der Waals surface area (Å²) in [6.45, 7) is 2.86. The molecule has 0 spiro atoms. The molecule has 3 nitrogen and oxygen atoms in total. The van der Waals surface area contributed by atoms with Crippen LogP contribution in [0.15, 0.2) is 18.2 Å². The van der Waals surface area contributed by atoms with Crippen molar-refractivity contribution in [3.05, 3.63) is 29.6 Å². The summed E-state index contributed by atoms with van der Waals surface area (Å²) in [7, 11) is 0. The summed E-state index contributed by atoms with van der Waals surface area (Å²) in [6, 6.07) is 4.39. The molecule has 0 saturated carbocycles. The second-order valence-electron chi connectivity index (χ2n) is 3.80. The van der Waals surface area contributed by atoms with Gasteiger partial charge in [0.2, 0.25) is 0 Å². The van der Waals surface area contributed by atoms with Gasteiger partial charge in [0.05, 0.1) is 11.3 Å². The van der Waals surface area contributed by atoms with E-state index in [1.165, 1.54) is 12.1 Å². The number of anilines is 1. The first-order valence-electron chi connectivity index (χ1n) is 4.89. The predicted molar refractivity (Wildman–Crippen MR) is 54.8 cm³/mol. The van der Waals surface area contributed by atoms with Crippen molar-refractivity contribution < 1.29 is 14.3 Å². The number of carboxylic acids is 1. The van der Waals surface area contributed by atoms with Crippen molar-refractivity contribution in [3.63, 3.8) is 0 Å². The van der Waals surface area contributed by atoms with E-state index in [2.05, 4.69) is 0 Å². The van der Waals surface area contributed by atoms with Crippen LogP contribution in [0, 0.1) is 5.82 Å². The monoisotopic (exact) mass is 209 g/mol. The third-order valence-electron chi connectivity index (χ3n) is 2.82. The maximum Gasteiger partial charge on any atom is 0.335 e. The molecule has 15 heavy (non-hydrogen) atoms. The van der Waals surface area contributed by atoms with Gasteiger partial charge in [-0.05, 0) is 31.5 Å². The lowest BCUT2D eigenvalue weighted by Gasteiger charge is -2.40. The first-order chi connectivity index (χ1) is 7.09. The topological polar surface area (TPSA) is 40.5 Å². The molecule has 0 aromatic heterocycles. The van der Waals surface area contributed by atoms with E-state index in [9.17, 15) is 9.18 Å². The molecule has 0 aliphatic carbocycles. The molecule has 1 heterocycles. The number of rotatable bonds is 2. The summed E-state index contributed by atoms with van der Waals surface area (Å²) < 4.78 is 13.6. The molecule has 1 saturated heterocycles. The molecule has 0 bridgehead atoms. The average Bonchev–Trinajstić information content (AvgIpc) is 2.18. The average molecular weight is 209 g/mol. The van der Waals surface area contributed by atoms with E-state index in [4.69, 9.17) is 5.11 Å². The van der Waals surface area contributed by atoms with Gasteiger partial charge in [-0.3, -0.25) is 0 Å². The van der Waals surface area contributed by atoms with Crippen LogP contribution >= 0.6 is 0 Å². The third kappa shape index (κ3) is 1.67. The number of benzene rings is 1. The van der Waals surface area contributed by atoms with Crippen LogP contribution in [0.5, 0.6) is 0 Å². The smallest absolute Gasteiger partial charge is 0.335 e. The summed E-state index contributed by atoms with van der Waals surface area (Å²) in [5, 5.41) is 8.68. The predicted octanol–water partition coefficient (Wildman–Crippen LogP) is 2.12. The lowest BCUT2D eigenvalue weighted by Crippen LogP contribution is -2.46. The van der Waals surface area contributed by atoms with Crippen molar-refractivity contribution in [3.8, 4) is 0 Å². The van der Waals surface area contributed by atoms with Crippen molar-refractivity contribution in [1.29, 1.82) is 0 Å². The molecular weight excluding hydrogens is 197 g/mol. The minimum Gasteiger partial charge on any atom is -0.478 e.